The zero-order chi connectivity index (χ0) is 17.8. The maximum absolute atomic E-state index is 12.6. The smallest absolute Gasteiger partial charge is 0.272 e. The lowest BCUT2D eigenvalue weighted by atomic mass is 10.2. The largest absolute Gasteiger partial charge is 0.342 e. The van der Waals surface area contributed by atoms with Crippen molar-refractivity contribution >= 4 is 35.4 Å². The summed E-state index contributed by atoms with van der Waals surface area (Å²) in [5.41, 5.74) is 2.09. The third kappa shape index (κ3) is 4.06. The van der Waals surface area contributed by atoms with Crippen molar-refractivity contribution < 1.29 is 9.59 Å². The lowest BCUT2D eigenvalue weighted by Gasteiger charge is -2.32. The van der Waals surface area contributed by atoms with Gasteiger partial charge in [0.05, 0.1) is 0 Å². The van der Waals surface area contributed by atoms with Crippen molar-refractivity contribution in [3.05, 3.63) is 46.9 Å². The molecule has 1 saturated heterocycles. The van der Waals surface area contributed by atoms with Crippen LogP contribution < -0.4 is 5.32 Å². The summed E-state index contributed by atoms with van der Waals surface area (Å²) >= 11 is 6.12. The summed E-state index contributed by atoms with van der Waals surface area (Å²) in [5, 5.41) is 3.78. The molecule has 8 heteroatoms. The van der Waals surface area contributed by atoms with E-state index in [2.05, 4.69) is 15.3 Å². The van der Waals surface area contributed by atoms with E-state index in [0.29, 0.717) is 42.7 Å². The second-order valence-corrected chi connectivity index (χ2v) is 6.22. The molecule has 3 rings (SSSR count). The summed E-state index contributed by atoms with van der Waals surface area (Å²) in [6, 6.07) is 7.22. The fourth-order valence-electron chi connectivity index (χ4n) is 2.55. The molecule has 2 aromatic rings. The number of nitrogens with zero attached hydrogens (tertiary/aromatic N) is 4. The molecular formula is C17H18ClN5O2. The lowest BCUT2D eigenvalue weighted by Crippen LogP contribution is -2.48. The molecule has 2 amide bonds. The number of rotatable bonds is 4. The number of nitrogens with one attached hydrogen (secondary N) is 1. The maximum Gasteiger partial charge on any atom is 0.272 e. The number of anilines is 2. The van der Waals surface area contributed by atoms with Gasteiger partial charge in [-0.2, -0.15) is 0 Å². The van der Waals surface area contributed by atoms with Gasteiger partial charge in [0, 0.05) is 43.0 Å². The molecule has 0 radical (unpaired) electrons. The number of carbonyl (C=O) groups excluding carboxylic acids is 2. The van der Waals surface area contributed by atoms with Crippen molar-refractivity contribution in [3.63, 3.8) is 0 Å². The number of amides is 2. The molecule has 1 aliphatic rings. The Balaban J connectivity index is 1.71. The van der Waals surface area contributed by atoms with Gasteiger partial charge in [-0.3, -0.25) is 9.59 Å². The van der Waals surface area contributed by atoms with Crippen LogP contribution in [0.4, 0.5) is 11.5 Å². The van der Waals surface area contributed by atoms with Gasteiger partial charge in [-0.1, -0.05) is 17.7 Å². The third-order valence-corrected chi connectivity index (χ3v) is 4.49. The highest BCUT2D eigenvalue weighted by Crippen LogP contribution is 2.22. The monoisotopic (exact) mass is 359 g/mol. The molecule has 0 spiro atoms. The summed E-state index contributed by atoms with van der Waals surface area (Å²) in [6.45, 7) is 3.99. The molecule has 1 aliphatic heterocycles. The van der Waals surface area contributed by atoms with Gasteiger partial charge >= 0.3 is 0 Å². The predicted octanol–water partition coefficient (Wildman–Crippen LogP) is 2.10. The Morgan fingerprint density at radius 1 is 1.20 bits per heavy atom. The number of aryl methyl sites for hydroxylation is 1. The van der Waals surface area contributed by atoms with Crippen LogP contribution in [0, 0.1) is 6.92 Å². The molecule has 7 nitrogen and oxygen atoms in total. The van der Waals surface area contributed by atoms with Crippen molar-refractivity contribution in [2.45, 2.75) is 6.92 Å². The van der Waals surface area contributed by atoms with Gasteiger partial charge in [-0.15, -0.1) is 0 Å². The minimum Gasteiger partial charge on any atom is -0.342 e. The zero-order valence-corrected chi connectivity index (χ0v) is 14.5. The van der Waals surface area contributed by atoms with Crippen LogP contribution in [0.5, 0.6) is 0 Å². The van der Waals surface area contributed by atoms with Gasteiger partial charge in [0.2, 0.25) is 6.41 Å². The first-order valence-corrected chi connectivity index (χ1v) is 8.28. The molecule has 0 atom stereocenters. The fraction of sp³-hybridized carbons (Fsp3) is 0.294. The highest BCUT2D eigenvalue weighted by Gasteiger charge is 2.22. The Morgan fingerprint density at radius 2 is 1.96 bits per heavy atom. The molecular weight excluding hydrogens is 342 g/mol. The summed E-state index contributed by atoms with van der Waals surface area (Å²) < 4.78 is 0. The van der Waals surface area contributed by atoms with E-state index in [1.54, 1.807) is 21.9 Å². The standard InChI is InChI=1S/C17H18ClN5O2/c1-12-2-3-13(8-14(12)18)21-16-9-15(19-10-20-16)17(25)23-6-4-22(11-24)5-7-23/h2-3,8-11H,4-7H2,1H3,(H,19,20,21). The Kier molecular flexibility index (Phi) is 5.14. The summed E-state index contributed by atoms with van der Waals surface area (Å²) in [4.78, 5) is 34.9. The highest BCUT2D eigenvalue weighted by molar-refractivity contribution is 6.31. The van der Waals surface area contributed by atoms with Gasteiger partial charge in [0.1, 0.15) is 17.8 Å². The first-order valence-electron chi connectivity index (χ1n) is 7.90. The molecule has 2 heterocycles. The molecule has 1 aromatic heterocycles. The van der Waals surface area contributed by atoms with E-state index < -0.39 is 0 Å². The minimum atomic E-state index is -0.169. The zero-order valence-electron chi connectivity index (χ0n) is 13.8. The second kappa shape index (κ2) is 7.48. The molecule has 0 bridgehead atoms. The average Bonchev–Trinajstić information content (AvgIpc) is 2.64. The van der Waals surface area contributed by atoms with Crippen molar-refractivity contribution in [1.29, 1.82) is 0 Å². The van der Waals surface area contributed by atoms with Gasteiger partial charge < -0.3 is 15.1 Å². The van der Waals surface area contributed by atoms with E-state index in [-0.39, 0.29) is 5.91 Å². The van der Waals surface area contributed by atoms with E-state index >= 15 is 0 Å². The van der Waals surface area contributed by atoms with E-state index in [1.807, 2.05) is 19.1 Å². The van der Waals surface area contributed by atoms with Gasteiger partial charge in [0.25, 0.3) is 5.91 Å². The van der Waals surface area contributed by atoms with Crippen LogP contribution in [0.2, 0.25) is 5.02 Å². The lowest BCUT2D eigenvalue weighted by molar-refractivity contribution is -0.119. The quantitative estimate of drug-likeness (QED) is 0.846. The number of carbonyl (C=O) groups is 2. The van der Waals surface area contributed by atoms with Crippen LogP contribution in [-0.2, 0) is 4.79 Å². The molecule has 1 fully saturated rings. The van der Waals surface area contributed by atoms with Crippen LogP contribution in [0.1, 0.15) is 16.1 Å². The normalized spacial score (nSPS) is 14.3. The Labute approximate surface area is 150 Å². The number of piperazine rings is 1. The summed E-state index contributed by atoms with van der Waals surface area (Å²) in [7, 11) is 0. The average molecular weight is 360 g/mol. The van der Waals surface area contributed by atoms with E-state index in [0.717, 1.165) is 17.7 Å². The van der Waals surface area contributed by atoms with Crippen molar-refractivity contribution in [3.8, 4) is 0 Å². The van der Waals surface area contributed by atoms with Crippen molar-refractivity contribution in [1.82, 2.24) is 19.8 Å². The van der Waals surface area contributed by atoms with Gasteiger partial charge in [-0.25, -0.2) is 9.97 Å². The van der Waals surface area contributed by atoms with Gasteiger partial charge in [0.15, 0.2) is 0 Å². The number of hydrogen-bond acceptors (Lipinski definition) is 5. The Bertz CT molecular complexity index is 790. The van der Waals surface area contributed by atoms with E-state index in [4.69, 9.17) is 11.6 Å². The Hall–Kier alpha value is -2.67. The number of hydrogen-bond donors (Lipinski definition) is 1. The maximum atomic E-state index is 12.6. The van der Waals surface area contributed by atoms with Crippen LogP contribution in [-0.4, -0.2) is 58.3 Å². The highest BCUT2D eigenvalue weighted by atomic mass is 35.5. The fourth-order valence-corrected chi connectivity index (χ4v) is 2.73. The predicted molar refractivity (Wildman–Crippen MR) is 95.0 cm³/mol. The van der Waals surface area contributed by atoms with Crippen molar-refractivity contribution in [2.75, 3.05) is 31.5 Å². The minimum absolute atomic E-state index is 0.169. The first-order chi connectivity index (χ1) is 12.1. The van der Waals surface area contributed by atoms with Crippen LogP contribution in [0.3, 0.4) is 0 Å². The first kappa shape index (κ1) is 17.2. The van der Waals surface area contributed by atoms with E-state index in [9.17, 15) is 9.59 Å². The second-order valence-electron chi connectivity index (χ2n) is 5.81. The molecule has 0 aliphatic carbocycles. The van der Waals surface area contributed by atoms with Crippen molar-refractivity contribution in [2.24, 2.45) is 0 Å². The van der Waals surface area contributed by atoms with Gasteiger partial charge in [-0.05, 0) is 24.6 Å². The number of benzene rings is 1. The summed E-state index contributed by atoms with van der Waals surface area (Å²) in [6.07, 6.45) is 2.16. The summed E-state index contributed by atoms with van der Waals surface area (Å²) in [5.74, 6) is 0.350. The number of halogens is 1. The SMILES string of the molecule is Cc1ccc(Nc2cc(C(=O)N3CCN(C=O)CC3)ncn2)cc1Cl. The molecule has 0 unspecified atom stereocenters. The van der Waals surface area contributed by atoms with Crippen LogP contribution in [0.15, 0.2) is 30.6 Å². The topological polar surface area (TPSA) is 78.4 Å². The van der Waals surface area contributed by atoms with E-state index in [1.165, 1.54) is 6.33 Å². The molecule has 1 N–H and O–H groups in total. The Morgan fingerprint density at radius 3 is 2.64 bits per heavy atom. The molecule has 25 heavy (non-hydrogen) atoms. The van der Waals surface area contributed by atoms with Crippen LogP contribution in [0.25, 0.3) is 0 Å². The molecule has 130 valence electrons. The molecule has 1 aromatic carbocycles. The molecule has 0 saturated carbocycles. The number of aromatic nitrogens is 2. The van der Waals surface area contributed by atoms with Crippen LogP contribution >= 0.6 is 11.6 Å². The third-order valence-electron chi connectivity index (χ3n) is 4.08.